The van der Waals surface area contributed by atoms with Crippen molar-refractivity contribution >= 4 is 16.1 Å². The summed E-state index contributed by atoms with van der Waals surface area (Å²) in [5, 5.41) is 7.07. The SMILES string of the molecule is Cc1nn(C)cc1[C@H]1C[C@@H](C(=O)NCC(C)C)N(C)S(=O)(=O)N1. The third kappa shape index (κ3) is 3.91. The Morgan fingerprint density at radius 1 is 1.48 bits per heavy atom. The molecular formula is C14H25N5O3S. The van der Waals surface area contributed by atoms with Crippen LogP contribution in [0.4, 0.5) is 0 Å². The van der Waals surface area contributed by atoms with E-state index in [4.69, 9.17) is 0 Å². The van der Waals surface area contributed by atoms with E-state index in [-0.39, 0.29) is 5.91 Å². The molecule has 1 amide bonds. The van der Waals surface area contributed by atoms with Gasteiger partial charge in [0.1, 0.15) is 6.04 Å². The highest BCUT2D eigenvalue weighted by molar-refractivity contribution is 7.87. The number of carbonyl (C=O) groups excluding carboxylic acids is 1. The second kappa shape index (κ2) is 6.58. The van der Waals surface area contributed by atoms with E-state index in [9.17, 15) is 13.2 Å². The highest BCUT2D eigenvalue weighted by Gasteiger charge is 2.41. The summed E-state index contributed by atoms with van der Waals surface area (Å²) in [5.74, 6) is 0.0387. The molecule has 1 fully saturated rings. The molecule has 1 aromatic heterocycles. The summed E-state index contributed by atoms with van der Waals surface area (Å²) in [6, 6.07) is -1.19. The molecule has 1 aliphatic heterocycles. The molecule has 2 atom stereocenters. The van der Waals surface area contributed by atoms with Gasteiger partial charge in [-0.3, -0.25) is 9.48 Å². The minimum absolute atomic E-state index is 0.266. The van der Waals surface area contributed by atoms with Gasteiger partial charge >= 0.3 is 0 Å². The van der Waals surface area contributed by atoms with Crippen LogP contribution in [0.5, 0.6) is 0 Å². The van der Waals surface area contributed by atoms with Gasteiger partial charge in [0.25, 0.3) is 10.2 Å². The third-order valence-electron chi connectivity index (χ3n) is 3.98. The summed E-state index contributed by atoms with van der Waals surface area (Å²) >= 11 is 0. The van der Waals surface area contributed by atoms with E-state index in [1.54, 1.807) is 17.9 Å². The van der Waals surface area contributed by atoms with E-state index in [0.29, 0.717) is 18.9 Å². The first-order chi connectivity index (χ1) is 10.6. The van der Waals surface area contributed by atoms with Crippen LogP contribution < -0.4 is 10.0 Å². The lowest BCUT2D eigenvalue weighted by molar-refractivity contribution is -0.125. The van der Waals surface area contributed by atoms with Crippen LogP contribution in [-0.4, -0.2) is 48.0 Å². The van der Waals surface area contributed by atoms with Gasteiger partial charge in [-0.05, 0) is 19.3 Å². The number of aromatic nitrogens is 2. The summed E-state index contributed by atoms with van der Waals surface area (Å²) < 4.78 is 30.1. The topological polar surface area (TPSA) is 96.3 Å². The molecule has 0 radical (unpaired) electrons. The largest absolute Gasteiger partial charge is 0.354 e. The zero-order chi connectivity index (χ0) is 17.4. The van der Waals surface area contributed by atoms with Crippen molar-refractivity contribution in [1.82, 2.24) is 24.1 Å². The normalized spacial score (nSPS) is 24.8. The summed E-state index contributed by atoms with van der Waals surface area (Å²) in [4.78, 5) is 12.4. The fraction of sp³-hybridized carbons (Fsp3) is 0.714. The molecule has 0 bridgehead atoms. The average Bonchev–Trinajstić information content (AvgIpc) is 2.77. The first-order valence-corrected chi connectivity index (χ1v) is 9.09. The summed E-state index contributed by atoms with van der Waals surface area (Å²) in [6.45, 7) is 6.33. The Kier molecular flexibility index (Phi) is 5.12. The Hall–Kier alpha value is -1.45. The summed E-state index contributed by atoms with van der Waals surface area (Å²) in [5.41, 5.74) is 1.55. The van der Waals surface area contributed by atoms with E-state index in [2.05, 4.69) is 15.1 Å². The smallest absolute Gasteiger partial charge is 0.280 e. The van der Waals surface area contributed by atoms with Gasteiger partial charge in [0.15, 0.2) is 0 Å². The zero-order valence-corrected chi connectivity index (χ0v) is 15.0. The molecule has 0 saturated carbocycles. The van der Waals surface area contributed by atoms with Crippen molar-refractivity contribution in [2.45, 2.75) is 39.3 Å². The van der Waals surface area contributed by atoms with Crippen LogP contribution in [0.25, 0.3) is 0 Å². The van der Waals surface area contributed by atoms with E-state index in [0.717, 1.165) is 15.6 Å². The average molecular weight is 343 g/mol. The number of likely N-dealkylation sites (N-methyl/N-ethyl adjacent to an activating group) is 1. The van der Waals surface area contributed by atoms with Crippen LogP contribution in [0, 0.1) is 12.8 Å². The number of rotatable bonds is 4. The Morgan fingerprint density at radius 3 is 2.65 bits per heavy atom. The Balaban J connectivity index is 2.25. The second-order valence-electron chi connectivity index (χ2n) is 6.43. The van der Waals surface area contributed by atoms with Crippen molar-refractivity contribution < 1.29 is 13.2 Å². The lowest BCUT2D eigenvalue weighted by atomic mass is 10.00. The van der Waals surface area contributed by atoms with Gasteiger partial charge in [-0.1, -0.05) is 13.8 Å². The third-order valence-corrected chi connectivity index (χ3v) is 5.58. The molecule has 9 heteroatoms. The molecule has 0 aromatic carbocycles. The predicted molar refractivity (Wildman–Crippen MR) is 86.8 cm³/mol. The van der Waals surface area contributed by atoms with Gasteiger partial charge in [-0.25, -0.2) is 0 Å². The summed E-state index contributed by atoms with van der Waals surface area (Å²) in [6.07, 6.45) is 2.16. The molecule has 2 rings (SSSR count). The van der Waals surface area contributed by atoms with Gasteiger partial charge in [0.05, 0.1) is 11.7 Å². The Bertz CT molecular complexity index is 683. The molecule has 2 N–H and O–H groups in total. The Labute approximate surface area is 137 Å². The molecule has 0 aliphatic carbocycles. The lowest BCUT2D eigenvalue weighted by Crippen LogP contribution is -2.57. The van der Waals surface area contributed by atoms with Crippen molar-refractivity contribution in [2.75, 3.05) is 13.6 Å². The van der Waals surface area contributed by atoms with Crippen LogP contribution >= 0.6 is 0 Å². The molecule has 1 aliphatic rings. The molecular weight excluding hydrogens is 318 g/mol. The fourth-order valence-electron chi connectivity index (χ4n) is 2.70. The van der Waals surface area contributed by atoms with E-state index in [1.165, 1.54) is 7.05 Å². The van der Waals surface area contributed by atoms with Crippen LogP contribution in [0.3, 0.4) is 0 Å². The van der Waals surface area contributed by atoms with E-state index >= 15 is 0 Å². The molecule has 8 nitrogen and oxygen atoms in total. The zero-order valence-electron chi connectivity index (χ0n) is 14.2. The van der Waals surface area contributed by atoms with Crippen molar-refractivity contribution in [1.29, 1.82) is 0 Å². The maximum absolute atomic E-state index is 12.4. The number of aryl methyl sites for hydroxylation is 2. The first kappa shape index (κ1) is 17.9. The fourth-order valence-corrected chi connectivity index (χ4v) is 3.96. The highest BCUT2D eigenvalue weighted by Crippen LogP contribution is 2.29. The molecule has 1 saturated heterocycles. The molecule has 1 aromatic rings. The quantitative estimate of drug-likeness (QED) is 0.809. The minimum Gasteiger partial charge on any atom is -0.354 e. The molecule has 23 heavy (non-hydrogen) atoms. The number of amides is 1. The molecule has 0 unspecified atom stereocenters. The maximum atomic E-state index is 12.4. The van der Waals surface area contributed by atoms with Gasteiger partial charge in [-0.2, -0.15) is 22.5 Å². The van der Waals surface area contributed by atoms with E-state index < -0.39 is 22.3 Å². The van der Waals surface area contributed by atoms with E-state index in [1.807, 2.05) is 20.8 Å². The van der Waals surface area contributed by atoms with Gasteiger partial charge < -0.3 is 5.32 Å². The molecule has 2 heterocycles. The standard InChI is InChI=1S/C14H25N5O3S/c1-9(2)7-15-14(20)13-6-12(17-23(21,22)19(13)5)11-8-18(4)16-10(11)3/h8-9,12-13,17H,6-7H2,1-5H3,(H,15,20)/t12-,13+/m1/s1. The second-order valence-corrected chi connectivity index (χ2v) is 8.19. The number of hydrogen-bond donors (Lipinski definition) is 2. The van der Waals surface area contributed by atoms with Gasteiger partial charge in [0, 0.05) is 32.4 Å². The monoisotopic (exact) mass is 343 g/mol. The molecule has 130 valence electrons. The Morgan fingerprint density at radius 2 is 2.13 bits per heavy atom. The van der Waals surface area contributed by atoms with Crippen LogP contribution in [0.1, 0.15) is 37.6 Å². The lowest BCUT2D eigenvalue weighted by Gasteiger charge is -2.36. The summed E-state index contributed by atoms with van der Waals surface area (Å²) in [7, 11) is -0.504. The number of nitrogens with zero attached hydrogens (tertiary/aromatic N) is 3. The van der Waals surface area contributed by atoms with Crippen LogP contribution in [0.15, 0.2) is 6.20 Å². The number of nitrogens with one attached hydrogen (secondary N) is 2. The van der Waals surface area contributed by atoms with Gasteiger partial charge in [-0.15, -0.1) is 0 Å². The van der Waals surface area contributed by atoms with Crippen molar-refractivity contribution in [3.63, 3.8) is 0 Å². The minimum atomic E-state index is -3.71. The molecule has 0 spiro atoms. The van der Waals surface area contributed by atoms with Crippen molar-refractivity contribution in [2.24, 2.45) is 13.0 Å². The predicted octanol–water partition coefficient (Wildman–Crippen LogP) is 0.0803. The van der Waals surface area contributed by atoms with Crippen LogP contribution in [0.2, 0.25) is 0 Å². The van der Waals surface area contributed by atoms with Crippen molar-refractivity contribution in [3.05, 3.63) is 17.5 Å². The maximum Gasteiger partial charge on any atom is 0.280 e. The highest BCUT2D eigenvalue weighted by atomic mass is 32.2. The van der Waals surface area contributed by atoms with Crippen LogP contribution in [-0.2, 0) is 22.1 Å². The van der Waals surface area contributed by atoms with Crippen molar-refractivity contribution in [3.8, 4) is 0 Å². The number of carbonyl (C=O) groups is 1. The van der Waals surface area contributed by atoms with Gasteiger partial charge in [0.2, 0.25) is 5.91 Å². The number of hydrogen-bond acceptors (Lipinski definition) is 4. The first-order valence-electron chi connectivity index (χ1n) is 7.65.